The molecular weight excluding hydrogens is 284 g/mol. The number of rotatable bonds is 2. The van der Waals surface area contributed by atoms with Crippen LogP contribution in [0, 0.1) is 17.8 Å². The van der Waals surface area contributed by atoms with Crippen molar-refractivity contribution >= 4 is 5.91 Å². The Balaban J connectivity index is 1.37. The zero-order valence-corrected chi connectivity index (χ0v) is 13.8. The summed E-state index contributed by atoms with van der Waals surface area (Å²) < 4.78 is 0. The van der Waals surface area contributed by atoms with Crippen molar-refractivity contribution in [1.29, 1.82) is 0 Å². The summed E-state index contributed by atoms with van der Waals surface area (Å²) >= 11 is 0. The number of nitrogens with two attached hydrogens (primary N) is 1. The summed E-state index contributed by atoms with van der Waals surface area (Å²) in [5, 5.41) is 3.35. The summed E-state index contributed by atoms with van der Waals surface area (Å²) in [6.07, 6.45) is 8.90. The molecule has 2 saturated carbocycles. The van der Waals surface area contributed by atoms with Crippen LogP contribution >= 0.6 is 0 Å². The van der Waals surface area contributed by atoms with Gasteiger partial charge in [0.25, 0.3) is 0 Å². The molecule has 0 heterocycles. The first-order valence-corrected chi connectivity index (χ1v) is 9.33. The molecule has 4 rings (SSSR count). The molecule has 124 valence electrons. The van der Waals surface area contributed by atoms with E-state index in [0.717, 1.165) is 32.1 Å². The van der Waals surface area contributed by atoms with E-state index in [4.69, 9.17) is 5.73 Å². The molecule has 3 nitrogen and oxygen atoms in total. The van der Waals surface area contributed by atoms with Gasteiger partial charge in [-0.3, -0.25) is 4.79 Å². The fourth-order valence-electron chi connectivity index (χ4n) is 5.14. The Labute approximate surface area is 139 Å². The average molecular weight is 312 g/mol. The number of hydrogen-bond donors (Lipinski definition) is 2. The van der Waals surface area contributed by atoms with E-state index in [0.29, 0.717) is 23.9 Å². The van der Waals surface area contributed by atoms with Crippen molar-refractivity contribution in [2.24, 2.45) is 23.5 Å². The second kappa shape index (κ2) is 6.27. The Hall–Kier alpha value is -1.35. The molecule has 3 aliphatic carbocycles. The molecule has 3 aliphatic rings. The number of fused-ring (bicyclic) bond motifs is 3. The van der Waals surface area contributed by atoms with Crippen LogP contribution in [0.1, 0.15) is 49.7 Å². The predicted molar refractivity (Wildman–Crippen MR) is 91.9 cm³/mol. The van der Waals surface area contributed by atoms with Crippen LogP contribution in [-0.4, -0.2) is 18.0 Å². The Bertz CT molecular complexity index is 571. The molecule has 0 radical (unpaired) electrons. The molecule has 3 N–H and O–H groups in total. The summed E-state index contributed by atoms with van der Waals surface area (Å²) in [5.74, 6) is 1.64. The van der Waals surface area contributed by atoms with E-state index in [1.54, 1.807) is 0 Å². The number of nitrogens with one attached hydrogen (secondary N) is 1. The average Bonchev–Trinajstić information content (AvgIpc) is 2.54. The molecule has 0 aliphatic heterocycles. The molecule has 0 aromatic heterocycles. The minimum atomic E-state index is 0.197. The van der Waals surface area contributed by atoms with Crippen LogP contribution in [0.2, 0.25) is 0 Å². The van der Waals surface area contributed by atoms with Gasteiger partial charge in [0.2, 0.25) is 5.91 Å². The molecule has 1 amide bonds. The molecule has 1 aromatic carbocycles. The Morgan fingerprint density at radius 2 is 1.74 bits per heavy atom. The van der Waals surface area contributed by atoms with Crippen molar-refractivity contribution in [3.63, 3.8) is 0 Å². The second-order valence-corrected chi connectivity index (χ2v) is 7.91. The summed E-state index contributed by atoms with van der Waals surface area (Å²) in [5.41, 5.74) is 9.22. The number of carbonyl (C=O) groups is 1. The molecule has 0 spiro atoms. The quantitative estimate of drug-likeness (QED) is 0.882. The number of amides is 1. The highest BCUT2D eigenvalue weighted by Gasteiger charge is 2.40. The van der Waals surface area contributed by atoms with Gasteiger partial charge in [0.1, 0.15) is 0 Å². The third-order valence-electron chi connectivity index (χ3n) is 6.48. The van der Waals surface area contributed by atoms with Crippen molar-refractivity contribution < 1.29 is 4.79 Å². The lowest BCUT2D eigenvalue weighted by molar-refractivity contribution is -0.128. The van der Waals surface area contributed by atoms with E-state index in [9.17, 15) is 4.79 Å². The van der Waals surface area contributed by atoms with Gasteiger partial charge >= 0.3 is 0 Å². The van der Waals surface area contributed by atoms with Gasteiger partial charge in [-0.1, -0.05) is 30.7 Å². The molecule has 2 bridgehead atoms. The van der Waals surface area contributed by atoms with Crippen LogP contribution < -0.4 is 11.1 Å². The minimum absolute atomic E-state index is 0.197. The Morgan fingerprint density at radius 3 is 2.48 bits per heavy atom. The van der Waals surface area contributed by atoms with Crippen LogP contribution in [0.5, 0.6) is 0 Å². The molecule has 3 unspecified atom stereocenters. The highest BCUT2D eigenvalue weighted by Crippen LogP contribution is 2.42. The largest absolute Gasteiger partial charge is 0.353 e. The fraction of sp³-hybridized carbons (Fsp3) is 0.650. The number of benzene rings is 1. The highest BCUT2D eigenvalue weighted by atomic mass is 16.1. The first-order chi connectivity index (χ1) is 11.2. The van der Waals surface area contributed by atoms with Crippen LogP contribution in [0.3, 0.4) is 0 Å². The number of carbonyl (C=O) groups excluding carboxylic acids is 1. The maximum Gasteiger partial charge on any atom is 0.223 e. The predicted octanol–water partition coefficient (Wildman–Crippen LogP) is 2.81. The lowest BCUT2D eigenvalue weighted by Gasteiger charge is -2.43. The van der Waals surface area contributed by atoms with E-state index >= 15 is 0 Å². The van der Waals surface area contributed by atoms with Crippen LogP contribution in [0.15, 0.2) is 24.3 Å². The molecule has 23 heavy (non-hydrogen) atoms. The van der Waals surface area contributed by atoms with Crippen molar-refractivity contribution in [3.05, 3.63) is 35.4 Å². The maximum atomic E-state index is 12.8. The van der Waals surface area contributed by atoms with Gasteiger partial charge in [0.05, 0.1) is 0 Å². The maximum absolute atomic E-state index is 12.8. The van der Waals surface area contributed by atoms with Crippen molar-refractivity contribution in [3.8, 4) is 0 Å². The van der Waals surface area contributed by atoms with E-state index in [1.165, 1.54) is 30.4 Å². The van der Waals surface area contributed by atoms with Crippen molar-refractivity contribution in [2.75, 3.05) is 0 Å². The van der Waals surface area contributed by atoms with Crippen molar-refractivity contribution in [1.82, 2.24) is 5.32 Å². The summed E-state index contributed by atoms with van der Waals surface area (Å²) in [7, 11) is 0. The normalized spacial score (nSPS) is 36.1. The third kappa shape index (κ3) is 3.03. The van der Waals surface area contributed by atoms with E-state index in [2.05, 4.69) is 29.6 Å². The number of aryl methyl sites for hydroxylation is 1. The minimum Gasteiger partial charge on any atom is -0.353 e. The van der Waals surface area contributed by atoms with Gasteiger partial charge < -0.3 is 11.1 Å². The van der Waals surface area contributed by atoms with E-state index in [-0.39, 0.29) is 11.8 Å². The fourth-order valence-corrected chi connectivity index (χ4v) is 5.14. The summed E-state index contributed by atoms with van der Waals surface area (Å²) in [6.45, 7) is 0. The second-order valence-electron chi connectivity index (χ2n) is 7.91. The monoisotopic (exact) mass is 312 g/mol. The van der Waals surface area contributed by atoms with E-state index in [1.807, 2.05) is 0 Å². The van der Waals surface area contributed by atoms with Crippen molar-refractivity contribution in [2.45, 2.75) is 63.5 Å². The summed E-state index contributed by atoms with van der Waals surface area (Å²) in [4.78, 5) is 12.8. The van der Waals surface area contributed by atoms with Gasteiger partial charge in [-0.25, -0.2) is 0 Å². The van der Waals surface area contributed by atoms with Gasteiger partial charge in [-0.05, 0) is 67.9 Å². The summed E-state index contributed by atoms with van der Waals surface area (Å²) in [6, 6.07) is 9.30. The smallest absolute Gasteiger partial charge is 0.223 e. The zero-order chi connectivity index (χ0) is 15.8. The van der Waals surface area contributed by atoms with Crippen LogP contribution in [-0.2, 0) is 17.6 Å². The van der Waals surface area contributed by atoms with Gasteiger partial charge in [0.15, 0.2) is 0 Å². The molecule has 3 atom stereocenters. The number of hydrogen-bond acceptors (Lipinski definition) is 2. The molecule has 0 saturated heterocycles. The lowest BCUT2D eigenvalue weighted by atomic mass is 9.65. The Kier molecular flexibility index (Phi) is 4.14. The molecular formula is C20H28N2O. The van der Waals surface area contributed by atoms with Crippen LogP contribution in [0.4, 0.5) is 0 Å². The zero-order valence-electron chi connectivity index (χ0n) is 13.8. The van der Waals surface area contributed by atoms with Gasteiger partial charge in [-0.2, -0.15) is 0 Å². The third-order valence-corrected chi connectivity index (χ3v) is 6.48. The standard InChI is InChI=1S/C20H28N2O/c21-19-15-6-3-7-16(19)11-17(10-15)20(23)22-18-9-8-13-4-1-2-5-14(13)12-18/h1-2,4-5,15-19H,3,6-12,21H2,(H,22,23). The molecule has 2 fully saturated rings. The highest BCUT2D eigenvalue weighted by molar-refractivity contribution is 5.79. The lowest BCUT2D eigenvalue weighted by Crippen LogP contribution is -2.50. The SMILES string of the molecule is NC1C2CCCC1CC(C(=O)NC1CCc3ccccc3C1)C2. The topological polar surface area (TPSA) is 55.1 Å². The van der Waals surface area contributed by atoms with E-state index < -0.39 is 0 Å². The van der Waals surface area contributed by atoms with Crippen LogP contribution in [0.25, 0.3) is 0 Å². The van der Waals surface area contributed by atoms with Gasteiger partial charge in [0, 0.05) is 18.0 Å². The molecule has 1 aromatic rings. The van der Waals surface area contributed by atoms with Gasteiger partial charge in [-0.15, -0.1) is 0 Å². The first kappa shape index (κ1) is 15.2. The Morgan fingerprint density at radius 1 is 1.04 bits per heavy atom. The molecule has 3 heteroatoms. The first-order valence-electron chi connectivity index (χ1n) is 9.33.